The summed E-state index contributed by atoms with van der Waals surface area (Å²) < 4.78 is 5.40. The van der Waals surface area contributed by atoms with Gasteiger partial charge in [-0.05, 0) is 44.0 Å². The SMILES string of the molecule is Cc1cc(NC(C)C2CCOC2)ccc1N. The summed E-state index contributed by atoms with van der Waals surface area (Å²) in [5.74, 6) is 0.623. The van der Waals surface area contributed by atoms with Gasteiger partial charge in [0.05, 0.1) is 6.61 Å². The van der Waals surface area contributed by atoms with Gasteiger partial charge in [-0.1, -0.05) is 0 Å². The van der Waals surface area contributed by atoms with E-state index in [0.717, 1.165) is 36.6 Å². The predicted molar refractivity (Wildman–Crippen MR) is 67.6 cm³/mol. The third kappa shape index (κ3) is 2.47. The summed E-state index contributed by atoms with van der Waals surface area (Å²) in [5.41, 5.74) is 8.91. The third-order valence-corrected chi connectivity index (χ3v) is 3.34. The molecule has 0 aliphatic carbocycles. The van der Waals surface area contributed by atoms with Gasteiger partial charge >= 0.3 is 0 Å². The van der Waals surface area contributed by atoms with Crippen molar-refractivity contribution < 1.29 is 4.74 Å². The lowest BCUT2D eigenvalue weighted by Gasteiger charge is -2.21. The standard InChI is InChI=1S/C13H20N2O/c1-9-7-12(3-4-13(9)14)15-10(2)11-5-6-16-8-11/h3-4,7,10-11,15H,5-6,8,14H2,1-2H3. The monoisotopic (exact) mass is 220 g/mol. The Bertz CT molecular complexity index is 359. The first-order chi connectivity index (χ1) is 7.66. The maximum absolute atomic E-state index is 5.79. The maximum Gasteiger partial charge on any atom is 0.0514 e. The molecule has 2 atom stereocenters. The second-order valence-corrected chi connectivity index (χ2v) is 4.63. The molecule has 0 radical (unpaired) electrons. The largest absolute Gasteiger partial charge is 0.399 e. The number of hydrogen-bond donors (Lipinski definition) is 2. The Morgan fingerprint density at radius 3 is 2.94 bits per heavy atom. The molecule has 88 valence electrons. The molecule has 2 rings (SSSR count). The molecule has 0 spiro atoms. The van der Waals surface area contributed by atoms with Crippen LogP contribution in [0.2, 0.25) is 0 Å². The zero-order valence-corrected chi connectivity index (χ0v) is 9.99. The van der Waals surface area contributed by atoms with E-state index in [1.807, 2.05) is 19.1 Å². The molecule has 1 aliphatic rings. The summed E-state index contributed by atoms with van der Waals surface area (Å²) in [5, 5.41) is 3.52. The Kier molecular flexibility index (Phi) is 3.34. The van der Waals surface area contributed by atoms with E-state index in [-0.39, 0.29) is 0 Å². The quantitative estimate of drug-likeness (QED) is 0.769. The smallest absolute Gasteiger partial charge is 0.0514 e. The Labute approximate surface area is 97.0 Å². The van der Waals surface area contributed by atoms with Crippen molar-refractivity contribution in [3.8, 4) is 0 Å². The summed E-state index contributed by atoms with van der Waals surface area (Å²) in [7, 11) is 0. The van der Waals surface area contributed by atoms with Gasteiger partial charge in [-0.2, -0.15) is 0 Å². The van der Waals surface area contributed by atoms with Crippen molar-refractivity contribution in [2.45, 2.75) is 26.3 Å². The van der Waals surface area contributed by atoms with E-state index in [4.69, 9.17) is 10.5 Å². The van der Waals surface area contributed by atoms with Crippen molar-refractivity contribution in [2.75, 3.05) is 24.3 Å². The van der Waals surface area contributed by atoms with Crippen LogP contribution in [0, 0.1) is 12.8 Å². The molecule has 3 N–H and O–H groups in total. The van der Waals surface area contributed by atoms with Crippen LogP contribution in [0.1, 0.15) is 18.9 Å². The van der Waals surface area contributed by atoms with Gasteiger partial charge in [-0.3, -0.25) is 0 Å². The van der Waals surface area contributed by atoms with Gasteiger partial charge < -0.3 is 15.8 Å². The summed E-state index contributed by atoms with van der Waals surface area (Å²) in [6, 6.07) is 6.54. The first-order valence-electron chi connectivity index (χ1n) is 5.87. The third-order valence-electron chi connectivity index (χ3n) is 3.34. The minimum atomic E-state index is 0.450. The van der Waals surface area contributed by atoms with Crippen LogP contribution in [0.5, 0.6) is 0 Å². The number of rotatable bonds is 3. The van der Waals surface area contributed by atoms with Gasteiger partial charge in [0, 0.05) is 29.9 Å². The topological polar surface area (TPSA) is 47.3 Å². The Morgan fingerprint density at radius 2 is 2.31 bits per heavy atom. The molecule has 1 fully saturated rings. The average Bonchev–Trinajstić information content (AvgIpc) is 2.77. The Balaban J connectivity index is 1.99. The molecule has 1 aromatic rings. The van der Waals surface area contributed by atoms with E-state index in [2.05, 4.69) is 18.3 Å². The average molecular weight is 220 g/mol. The number of hydrogen-bond acceptors (Lipinski definition) is 3. The van der Waals surface area contributed by atoms with Crippen molar-refractivity contribution in [2.24, 2.45) is 5.92 Å². The van der Waals surface area contributed by atoms with E-state index >= 15 is 0 Å². The molecular formula is C13H20N2O. The second kappa shape index (κ2) is 4.74. The molecule has 1 saturated heterocycles. The van der Waals surface area contributed by atoms with Crippen LogP contribution >= 0.6 is 0 Å². The Hall–Kier alpha value is -1.22. The summed E-state index contributed by atoms with van der Waals surface area (Å²) >= 11 is 0. The molecule has 0 saturated carbocycles. The lowest BCUT2D eigenvalue weighted by molar-refractivity contribution is 0.183. The van der Waals surface area contributed by atoms with Crippen LogP contribution in [-0.2, 0) is 4.74 Å². The van der Waals surface area contributed by atoms with Crippen molar-refractivity contribution in [3.05, 3.63) is 23.8 Å². The van der Waals surface area contributed by atoms with Crippen LogP contribution in [0.25, 0.3) is 0 Å². The first-order valence-corrected chi connectivity index (χ1v) is 5.87. The van der Waals surface area contributed by atoms with E-state index < -0.39 is 0 Å². The molecule has 0 bridgehead atoms. The predicted octanol–water partition coefficient (Wildman–Crippen LogP) is 2.41. The van der Waals surface area contributed by atoms with Gasteiger partial charge in [-0.15, -0.1) is 0 Å². The highest BCUT2D eigenvalue weighted by atomic mass is 16.5. The van der Waals surface area contributed by atoms with Crippen LogP contribution in [0.4, 0.5) is 11.4 Å². The van der Waals surface area contributed by atoms with Gasteiger partial charge in [0.2, 0.25) is 0 Å². The second-order valence-electron chi connectivity index (χ2n) is 4.63. The van der Waals surface area contributed by atoms with Gasteiger partial charge in [0.25, 0.3) is 0 Å². The fraction of sp³-hybridized carbons (Fsp3) is 0.538. The fourth-order valence-electron chi connectivity index (χ4n) is 2.09. The maximum atomic E-state index is 5.79. The molecule has 1 aromatic carbocycles. The summed E-state index contributed by atoms with van der Waals surface area (Å²) in [4.78, 5) is 0. The van der Waals surface area contributed by atoms with E-state index in [0.29, 0.717) is 12.0 Å². The molecule has 3 heteroatoms. The van der Waals surface area contributed by atoms with E-state index in [9.17, 15) is 0 Å². The number of benzene rings is 1. The first kappa shape index (κ1) is 11.3. The molecule has 1 heterocycles. The van der Waals surface area contributed by atoms with Crippen LogP contribution < -0.4 is 11.1 Å². The zero-order chi connectivity index (χ0) is 11.5. The van der Waals surface area contributed by atoms with E-state index in [1.54, 1.807) is 0 Å². The highest BCUT2D eigenvalue weighted by molar-refractivity contribution is 5.57. The number of nitrogens with two attached hydrogens (primary N) is 1. The normalized spacial score (nSPS) is 22.0. The summed E-state index contributed by atoms with van der Waals surface area (Å²) in [6.07, 6.45) is 1.15. The lowest BCUT2D eigenvalue weighted by Crippen LogP contribution is -2.26. The fourth-order valence-corrected chi connectivity index (χ4v) is 2.09. The molecule has 16 heavy (non-hydrogen) atoms. The van der Waals surface area contributed by atoms with Gasteiger partial charge in [0.15, 0.2) is 0 Å². The number of aryl methyl sites for hydroxylation is 1. The molecule has 0 amide bonds. The summed E-state index contributed by atoms with van der Waals surface area (Å²) in [6.45, 7) is 6.02. The molecule has 2 unspecified atom stereocenters. The van der Waals surface area contributed by atoms with E-state index in [1.165, 1.54) is 0 Å². The molecular weight excluding hydrogens is 200 g/mol. The molecule has 1 aliphatic heterocycles. The van der Waals surface area contributed by atoms with Gasteiger partial charge in [-0.25, -0.2) is 0 Å². The number of nitrogens with one attached hydrogen (secondary N) is 1. The minimum Gasteiger partial charge on any atom is -0.399 e. The van der Waals surface area contributed by atoms with Crippen molar-refractivity contribution >= 4 is 11.4 Å². The number of ether oxygens (including phenoxy) is 1. The van der Waals surface area contributed by atoms with Crippen molar-refractivity contribution in [1.29, 1.82) is 0 Å². The lowest BCUT2D eigenvalue weighted by atomic mass is 10.0. The highest BCUT2D eigenvalue weighted by Gasteiger charge is 2.21. The van der Waals surface area contributed by atoms with Crippen LogP contribution in [-0.4, -0.2) is 19.3 Å². The Morgan fingerprint density at radius 1 is 1.50 bits per heavy atom. The van der Waals surface area contributed by atoms with Gasteiger partial charge in [0.1, 0.15) is 0 Å². The number of nitrogen functional groups attached to an aromatic ring is 1. The number of anilines is 2. The molecule has 0 aromatic heterocycles. The minimum absolute atomic E-state index is 0.450. The highest BCUT2D eigenvalue weighted by Crippen LogP contribution is 2.22. The molecule has 3 nitrogen and oxygen atoms in total. The van der Waals surface area contributed by atoms with Crippen LogP contribution in [0.3, 0.4) is 0 Å². The van der Waals surface area contributed by atoms with Crippen molar-refractivity contribution in [1.82, 2.24) is 0 Å². The van der Waals surface area contributed by atoms with Crippen LogP contribution in [0.15, 0.2) is 18.2 Å². The zero-order valence-electron chi connectivity index (χ0n) is 9.99. The van der Waals surface area contributed by atoms with Crippen molar-refractivity contribution in [3.63, 3.8) is 0 Å².